The molecule has 0 saturated carbocycles. The van der Waals surface area contributed by atoms with Gasteiger partial charge in [-0.15, -0.1) is 0 Å². The Balaban J connectivity index is 2.03. The van der Waals surface area contributed by atoms with Crippen molar-refractivity contribution >= 4 is 56.0 Å². The number of carbonyl (C=O) groups excluding carboxylic acids is 1. The van der Waals surface area contributed by atoms with Crippen molar-refractivity contribution in [3.63, 3.8) is 0 Å². The van der Waals surface area contributed by atoms with E-state index in [1.54, 1.807) is 6.07 Å². The van der Waals surface area contributed by atoms with Gasteiger partial charge in [-0.2, -0.15) is 0 Å². The van der Waals surface area contributed by atoms with E-state index in [2.05, 4.69) is 43.4 Å². The number of amides is 1. The summed E-state index contributed by atoms with van der Waals surface area (Å²) in [6, 6.07) is 5.46. The van der Waals surface area contributed by atoms with Crippen LogP contribution in [0.1, 0.15) is 10.4 Å². The van der Waals surface area contributed by atoms with E-state index in [1.165, 1.54) is 0 Å². The summed E-state index contributed by atoms with van der Waals surface area (Å²) >= 11 is 11.6. The Morgan fingerprint density at radius 3 is 2.63 bits per heavy atom. The van der Waals surface area contributed by atoms with Crippen molar-refractivity contribution in [1.29, 1.82) is 0 Å². The van der Waals surface area contributed by atoms with Gasteiger partial charge in [0.05, 0.1) is 5.56 Å². The first kappa shape index (κ1) is 15.5. The largest absolute Gasteiger partial charge is 0.336 e. The fourth-order valence-electron chi connectivity index (χ4n) is 2.13. The predicted molar refractivity (Wildman–Crippen MR) is 90.3 cm³/mol. The van der Waals surface area contributed by atoms with Gasteiger partial charge in [-0.1, -0.05) is 27.5 Å². The molecule has 6 heteroatoms. The Bertz CT molecular complexity index is 464. The van der Waals surface area contributed by atoms with Crippen molar-refractivity contribution in [3.05, 3.63) is 32.4 Å². The highest BCUT2D eigenvalue weighted by Crippen LogP contribution is 2.20. The van der Waals surface area contributed by atoms with E-state index in [-0.39, 0.29) is 5.91 Å². The third-order valence-corrected chi connectivity index (χ3v) is 4.75. The Hall–Kier alpha value is 0.150. The van der Waals surface area contributed by atoms with Crippen LogP contribution in [0, 0.1) is 3.57 Å². The second kappa shape index (κ2) is 7.24. The van der Waals surface area contributed by atoms with Gasteiger partial charge in [0.2, 0.25) is 0 Å². The lowest BCUT2D eigenvalue weighted by atomic mass is 10.2. The second-order valence-electron chi connectivity index (χ2n) is 4.45. The van der Waals surface area contributed by atoms with Crippen molar-refractivity contribution in [2.24, 2.45) is 0 Å². The summed E-state index contributed by atoms with van der Waals surface area (Å²) in [5.41, 5.74) is 0.710. The van der Waals surface area contributed by atoms with Crippen LogP contribution in [0.4, 0.5) is 0 Å². The van der Waals surface area contributed by atoms with Gasteiger partial charge in [0.1, 0.15) is 0 Å². The monoisotopic (exact) mass is 456 g/mol. The number of piperazine rings is 1. The van der Waals surface area contributed by atoms with Crippen molar-refractivity contribution in [1.82, 2.24) is 9.80 Å². The van der Waals surface area contributed by atoms with Crippen LogP contribution >= 0.6 is 50.1 Å². The van der Waals surface area contributed by atoms with E-state index < -0.39 is 0 Å². The van der Waals surface area contributed by atoms with E-state index in [1.807, 2.05) is 17.0 Å². The van der Waals surface area contributed by atoms with E-state index in [4.69, 9.17) is 11.6 Å². The highest BCUT2D eigenvalue weighted by atomic mass is 127. The average molecular weight is 458 g/mol. The highest BCUT2D eigenvalue weighted by Gasteiger charge is 2.23. The summed E-state index contributed by atoms with van der Waals surface area (Å²) in [5, 5.41) is 1.59. The Labute approximate surface area is 140 Å². The molecule has 1 saturated heterocycles. The van der Waals surface area contributed by atoms with Crippen LogP contribution < -0.4 is 0 Å². The van der Waals surface area contributed by atoms with Gasteiger partial charge in [0.25, 0.3) is 5.91 Å². The summed E-state index contributed by atoms with van der Waals surface area (Å²) in [4.78, 5) is 16.7. The topological polar surface area (TPSA) is 23.6 Å². The summed E-state index contributed by atoms with van der Waals surface area (Å²) in [5.74, 6) is 0.0883. The SMILES string of the molecule is O=C(c1cc(Cl)ccc1I)N1CCN(CCBr)CC1. The number of hydrogen-bond donors (Lipinski definition) is 0. The molecule has 1 heterocycles. The first-order valence-electron chi connectivity index (χ1n) is 6.14. The molecular formula is C13H15BrClIN2O. The summed E-state index contributed by atoms with van der Waals surface area (Å²) < 4.78 is 0.954. The fourth-order valence-corrected chi connectivity index (χ4v) is 3.37. The highest BCUT2D eigenvalue weighted by molar-refractivity contribution is 14.1. The lowest BCUT2D eigenvalue weighted by molar-refractivity contribution is 0.0644. The molecule has 3 nitrogen and oxygen atoms in total. The van der Waals surface area contributed by atoms with Gasteiger partial charge in [-0.3, -0.25) is 9.69 Å². The lowest BCUT2D eigenvalue weighted by Gasteiger charge is -2.34. The average Bonchev–Trinajstić information content (AvgIpc) is 2.42. The lowest BCUT2D eigenvalue weighted by Crippen LogP contribution is -2.49. The van der Waals surface area contributed by atoms with Gasteiger partial charge >= 0.3 is 0 Å². The Morgan fingerprint density at radius 2 is 2.00 bits per heavy atom. The molecule has 1 aromatic carbocycles. The van der Waals surface area contributed by atoms with Crippen LogP contribution in [-0.4, -0.2) is 53.8 Å². The van der Waals surface area contributed by atoms with E-state index in [9.17, 15) is 4.79 Å². The fraction of sp³-hybridized carbons (Fsp3) is 0.462. The number of rotatable bonds is 3. The second-order valence-corrected chi connectivity index (χ2v) is 6.84. The molecule has 1 aliphatic rings. The molecule has 1 aliphatic heterocycles. The molecule has 104 valence electrons. The molecule has 0 N–H and O–H groups in total. The summed E-state index contributed by atoms with van der Waals surface area (Å²) in [6.07, 6.45) is 0. The van der Waals surface area contributed by atoms with Crippen molar-refractivity contribution in [2.75, 3.05) is 38.1 Å². The van der Waals surface area contributed by atoms with Gasteiger partial charge < -0.3 is 4.90 Å². The van der Waals surface area contributed by atoms with Crippen molar-refractivity contribution in [3.8, 4) is 0 Å². The quantitative estimate of drug-likeness (QED) is 0.515. The maximum Gasteiger partial charge on any atom is 0.255 e. The van der Waals surface area contributed by atoms with Gasteiger partial charge in [-0.05, 0) is 40.8 Å². The molecule has 0 atom stereocenters. The minimum Gasteiger partial charge on any atom is -0.336 e. The molecule has 0 unspecified atom stereocenters. The maximum absolute atomic E-state index is 12.5. The van der Waals surface area contributed by atoms with E-state index >= 15 is 0 Å². The number of benzene rings is 1. The zero-order valence-electron chi connectivity index (χ0n) is 10.4. The number of alkyl halides is 1. The number of hydrogen-bond acceptors (Lipinski definition) is 2. The Morgan fingerprint density at radius 1 is 1.32 bits per heavy atom. The number of halogens is 3. The molecule has 19 heavy (non-hydrogen) atoms. The summed E-state index contributed by atoms with van der Waals surface area (Å²) in [6.45, 7) is 4.49. The van der Waals surface area contributed by atoms with Crippen LogP contribution in [-0.2, 0) is 0 Å². The maximum atomic E-state index is 12.5. The number of carbonyl (C=O) groups is 1. The van der Waals surface area contributed by atoms with E-state index in [0.717, 1.165) is 41.6 Å². The van der Waals surface area contributed by atoms with Gasteiger partial charge in [-0.25, -0.2) is 0 Å². The van der Waals surface area contributed by atoms with Gasteiger partial charge in [0, 0.05) is 46.6 Å². The summed E-state index contributed by atoms with van der Waals surface area (Å²) in [7, 11) is 0. The normalized spacial score (nSPS) is 16.7. The smallest absolute Gasteiger partial charge is 0.255 e. The molecule has 0 spiro atoms. The Kier molecular flexibility index (Phi) is 5.92. The molecule has 2 rings (SSSR count). The van der Waals surface area contributed by atoms with Crippen LogP contribution in [0.5, 0.6) is 0 Å². The minimum absolute atomic E-state index is 0.0883. The molecule has 0 radical (unpaired) electrons. The van der Waals surface area contributed by atoms with Crippen LogP contribution in [0.15, 0.2) is 18.2 Å². The molecule has 1 aromatic rings. The third-order valence-electron chi connectivity index (χ3n) is 3.22. The molecule has 1 fully saturated rings. The minimum atomic E-state index is 0.0883. The van der Waals surface area contributed by atoms with Gasteiger partial charge in [0.15, 0.2) is 0 Å². The van der Waals surface area contributed by atoms with E-state index in [0.29, 0.717) is 10.6 Å². The molecule has 0 aliphatic carbocycles. The standard InChI is InChI=1S/C13H15BrClIN2O/c14-3-4-17-5-7-18(8-6-17)13(19)11-9-10(15)1-2-12(11)16/h1-2,9H,3-8H2. The third kappa shape index (κ3) is 4.06. The molecule has 1 amide bonds. The van der Waals surface area contributed by atoms with Crippen molar-refractivity contribution < 1.29 is 4.79 Å². The zero-order valence-corrected chi connectivity index (χ0v) is 14.9. The first-order chi connectivity index (χ1) is 9.11. The van der Waals surface area contributed by atoms with Crippen LogP contribution in [0.3, 0.4) is 0 Å². The van der Waals surface area contributed by atoms with Crippen LogP contribution in [0.25, 0.3) is 0 Å². The zero-order chi connectivity index (χ0) is 13.8. The molecule has 0 aromatic heterocycles. The number of nitrogens with zero attached hydrogens (tertiary/aromatic N) is 2. The predicted octanol–water partition coefficient (Wildman–Crippen LogP) is 3.10. The van der Waals surface area contributed by atoms with Crippen LogP contribution in [0.2, 0.25) is 5.02 Å². The molecule has 0 bridgehead atoms. The van der Waals surface area contributed by atoms with Crippen molar-refractivity contribution in [2.45, 2.75) is 0 Å². The molecular weight excluding hydrogens is 442 g/mol. The first-order valence-corrected chi connectivity index (χ1v) is 8.72.